The van der Waals surface area contributed by atoms with Gasteiger partial charge in [0.25, 0.3) is 0 Å². The molecular formula is C59H39N3O. The average molecular weight is 806 g/mol. The summed E-state index contributed by atoms with van der Waals surface area (Å²) in [7, 11) is 0. The number of rotatable bonds is 5. The summed E-state index contributed by atoms with van der Waals surface area (Å²) in [5, 5.41) is 2.33. The van der Waals surface area contributed by atoms with E-state index < -0.39 is 5.41 Å². The molecule has 0 fully saturated rings. The highest BCUT2D eigenvalue weighted by molar-refractivity contribution is 6.16. The lowest BCUT2D eigenvalue weighted by atomic mass is 9.60. The summed E-state index contributed by atoms with van der Waals surface area (Å²) in [5.74, 6) is 2.62. The first kappa shape index (κ1) is 35.7. The molecular weight excluding hydrogens is 767 g/mol. The third-order valence-electron chi connectivity index (χ3n) is 13.5. The summed E-state index contributed by atoms with van der Waals surface area (Å²) in [6, 6.07) is 71.8. The Hall–Kier alpha value is -8.08. The van der Waals surface area contributed by atoms with Crippen LogP contribution in [-0.4, -0.2) is 14.5 Å². The van der Waals surface area contributed by atoms with E-state index in [4.69, 9.17) is 14.7 Å². The van der Waals surface area contributed by atoms with Gasteiger partial charge in [-0.25, -0.2) is 9.97 Å². The SMILES string of the molecule is C1=CCC2C(=C1)Oc1ccccc1C21c2ccccc2-c2c1ccc1c3ccccc3n(-c3nc(-c4ccccc4-c4ccccc4)cc(-c4ccccc4-c4ccccc4)n3)c21. The first-order valence-electron chi connectivity index (χ1n) is 21.8. The lowest BCUT2D eigenvalue weighted by Crippen LogP contribution is -2.42. The van der Waals surface area contributed by atoms with Crippen LogP contribution in [-0.2, 0) is 5.41 Å². The molecule has 1 spiro atoms. The zero-order chi connectivity index (χ0) is 41.5. The lowest BCUT2D eigenvalue weighted by molar-refractivity contribution is 0.253. The van der Waals surface area contributed by atoms with Gasteiger partial charge in [-0.2, -0.15) is 0 Å². The van der Waals surface area contributed by atoms with E-state index in [1.54, 1.807) is 0 Å². The van der Waals surface area contributed by atoms with Crippen molar-refractivity contribution in [3.63, 3.8) is 0 Å². The molecule has 0 amide bonds. The van der Waals surface area contributed by atoms with E-state index in [2.05, 4.69) is 223 Å². The molecule has 13 rings (SSSR count). The summed E-state index contributed by atoms with van der Waals surface area (Å²) < 4.78 is 9.11. The molecule has 2 aromatic heterocycles. The highest BCUT2D eigenvalue weighted by Crippen LogP contribution is 2.64. The summed E-state index contributed by atoms with van der Waals surface area (Å²) >= 11 is 0. The van der Waals surface area contributed by atoms with E-state index in [1.807, 2.05) is 0 Å². The number of ether oxygens (including phenoxy) is 1. The number of fused-ring (bicyclic) bond motifs is 13. The van der Waals surface area contributed by atoms with E-state index in [0.717, 1.165) is 79.1 Å². The standard InChI is InChI=1S/C59H39N3O/c1-3-19-38(20-4-1)40-23-7-9-25-42(40)51-37-52(43-26-10-8-24-41(43)39-21-5-2-6-22-39)61-58(60-51)62-53-32-16-12-27-44(53)45-35-36-50-56(57(45)62)46-28-11-13-29-47(46)59(50)48-30-14-17-33-54(48)63-55-34-18-15-31-49(55)59/h1-30,32-37,49H,31H2. The summed E-state index contributed by atoms with van der Waals surface area (Å²) in [4.78, 5) is 11.3. The Morgan fingerprint density at radius 2 is 1.06 bits per heavy atom. The van der Waals surface area contributed by atoms with Crippen LogP contribution in [0.4, 0.5) is 0 Å². The average Bonchev–Trinajstić information content (AvgIpc) is 3.85. The third kappa shape index (κ3) is 5.22. The number of allylic oxidation sites excluding steroid dienone is 4. The maximum absolute atomic E-state index is 6.76. The molecule has 0 radical (unpaired) electrons. The zero-order valence-electron chi connectivity index (χ0n) is 34.3. The monoisotopic (exact) mass is 805 g/mol. The van der Waals surface area contributed by atoms with Crippen LogP contribution < -0.4 is 4.74 Å². The summed E-state index contributed by atoms with van der Waals surface area (Å²) in [5.41, 5.74) is 16.2. The van der Waals surface area contributed by atoms with Gasteiger partial charge in [0.15, 0.2) is 0 Å². The molecule has 2 unspecified atom stereocenters. The Labute approximate surface area is 365 Å². The van der Waals surface area contributed by atoms with Crippen LogP contribution in [0.2, 0.25) is 0 Å². The molecule has 3 heterocycles. The Balaban J connectivity index is 1.16. The minimum absolute atomic E-state index is 0.0743. The molecule has 4 nitrogen and oxygen atoms in total. The minimum atomic E-state index is -0.482. The van der Waals surface area contributed by atoms with E-state index in [-0.39, 0.29) is 5.92 Å². The first-order valence-corrected chi connectivity index (χ1v) is 21.8. The van der Waals surface area contributed by atoms with Crippen molar-refractivity contribution in [2.75, 3.05) is 0 Å². The molecule has 0 saturated carbocycles. The minimum Gasteiger partial charge on any atom is -0.461 e. The van der Waals surface area contributed by atoms with Gasteiger partial charge in [-0.15, -0.1) is 0 Å². The lowest BCUT2D eigenvalue weighted by Gasteiger charge is -2.45. The first-order chi connectivity index (χ1) is 31.3. The fourth-order valence-corrected chi connectivity index (χ4v) is 11.0. The smallest absolute Gasteiger partial charge is 0.235 e. The van der Waals surface area contributed by atoms with Crippen molar-refractivity contribution in [1.29, 1.82) is 0 Å². The highest BCUT2D eigenvalue weighted by atomic mass is 16.5. The number of hydrogen-bond acceptors (Lipinski definition) is 3. The summed E-state index contributed by atoms with van der Waals surface area (Å²) in [6.45, 7) is 0. The van der Waals surface area contributed by atoms with E-state index in [1.165, 1.54) is 33.2 Å². The van der Waals surface area contributed by atoms with E-state index >= 15 is 0 Å². The van der Waals surface area contributed by atoms with Crippen molar-refractivity contribution in [3.05, 3.63) is 241 Å². The van der Waals surface area contributed by atoms with Crippen LogP contribution in [0.1, 0.15) is 23.1 Å². The van der Waals surface area contributed by atoms with Crippen molar-refractivity contribution >= 4 is 21.8 Å². The largest absolute Gasteiger partial charge is 0.461 e. The third-order valence-corrected chi connectivity index (χ3v) is 13.5. The van der Waals surface area contributed by atoms with Gasteiger partial charge >= 0.3 is 0 Å². The van der Waals surface area contributed by atoms with Crippen molar-refractivity contribution < 1.29 is 4.74 Å². The highest BCUT2D eigenvalue weighted by Gasteiger charge is 2.55. The molecule has 296 valence electrons. The van der Waals surface area contributed by atoms with E-state index in [9.17, 15) is 0 Å². The van der Waals surface area contributed by atoms with Crippen molar-refractivity contribution in [1.82, 2.24) is 14.5 Å². The molecule has 0 N–H and O–H groups in total. The second kappa shape index (κ2) is 14.0. The molecule has 63 heavy (non-hydrogen) atoms. The molecule has 3 aliphatic rings. The van der Waals surface area contributed by atoms with Crippen LogP contribution in [0, 0.1) is 5.92 Å². The topological polar surface area (TPSA) is 39.9 Å². The molecule has 8 aromatic carbocycles. The number of benzene rings is 8. The quantitative estimate of drug-likeness (QED) is 0.174. The Kier molecular flexibility index (Phi) is 7.91. The Morgan fingerprint density at radius 3 is 1.76 bits per heavy atom. The van der Waals surface area contributed by atoms with Crippen molar-refractivity contribution in [3.8, 4) is 67.6 Å². The normalized spacial score (nSPS) is 16.9. The Bertz CT molecular complexity index is 3430. The molecule has 2 aliphatic carbocycles. The number of para-hydroxylation sites is 2. The van der Waals surface area contributed by atoms with Gasteiger partial charge in [0.05, 0.1) is 27.8 Å². The van der Waals surface area contributed by atoms with Gasteiger partial charge in [-0.3, -0.25) is 4.57 Å². The second-order valence-electron chi connectivity index (χ2n) is 16.7. The second-order valence-corrected chi connectivity index (χ2v) is 16.7. The number of hydrogen-bond donors (Lipinski definition) is 0. The van der Waals surface area contributed by atoms with Crippen LogP contribution >= 0.6 is 0 Å². The molecule has 0 saturated heterocycles. The predicted molar refractivity (Wildman–Crippen MR) is 256 cm³/mol. The molecule has 10 aromatic rings. The van der Waals surface area contributed by atoms with Crippen LogP contribution in [0.15, 0.2) is 224 Å². The maximum atomic E-state index is 6.76. The molecule has 4 heteroatoms. The molecule has 1 aliphatic heterocycles. The van der Waals surface area contributed by atoms with Gasteiger partial charge < -0.3 is 4.74 Å². The fourth-order valence-electron chi connectivity index (χ4n) is 11.0. The Morgan fingerprint density at radius 1 is 0.492 bits per heavy atom. The van der Waals surface area contributed by atoms with Crippen LogP contribution in [0.3, 0.4) is 0 Å². The van der Waals surface area contributed by atoms with Gasteiger partial charge in [0.1, 0.15) is 11.5 Å². The van der Waals surface area contributed by atoms with Gasteiger partial charge in [-0.1, -0.05) is 194 Å². The predicted octanol–water partition coefficient (Wildman–Crippen LogP) is 14.4. The van der Waals surface area contributed by atoms with Crippen molar-refractivity contribution in [2.24, 2.45) is 5.92 Å². The maximum Gasteiger partial charge on any atom is 0.235 e. The van der Waals surface area contributed by atoms with Gasteiger partial charge in [0.2, 0.25) is 5.95 Å². The molecule has 2 atom stereocenters. The van der Waals surface area contributed by atoms with Crippen LogP contribution in [0.5, 0.6) is 5.75 Å². The summed E-state index contributed by atoms with van der Waals surface area (Å²) in [6.07, 6.45) is 7.48. The van der Waals surface area contributed by atoms with Gasteiger partial charge in [-0.05, 0) is 69.6 Å². The van der Waals surface area contributed by atoms with Crippen LogP contribution in [0.25, 0.3) is 83.6 Å². The number of nitrogens with zero attached hydrogens (tertiary/aromatic N) is 3. The van der Waals surface area contributed by atoms with Crippen molar-refractivity contribution in [2.45, 2.75) is 11.8 Å². The van der Waals surface area contributed by atoms with Gasteiger partial charge in [0, 0.05) is 38.9 Å². The zero-order valence-corrected chi connectivity index (χ0v) is 34.3. The molecule has 0 bridgehead atoms. The number of aromatic nitrogens is 3. The fraction of sp³-hybridized carbons (Fsp3) is 0.0508. The van der Waals surface area contributed by atoms with E-state index in [0.29, 0.717) is 5.95 Å².